The maximum atomic E-state index is 13.3. The van der Waals surface area contributed by atoms with Gasteiger partial charge in [-0.1, -0.05) is 54.6 Å². The van der Waals surface area contributed by atoms with Gasteiger partial charge < -0.3 is 15.3 Å². The third-order valence-electron chi connectivity index (χ3n) is 5.61. The summed E-state index contributed by atoms with van der Waals surface area (Å²) in [5.74, 6) is -0.501. The second-order valence-corrected chi connectivity index (χ2v) is 10.1. The molecule has 2 aromatic heterocycles. The molecule has 190 valence electrons. The van der Waals surface area contributed by atoms with E-state index in [2.05, 4.69) is 25.1 Å². The molecular formula is C28H23N6O3S-. The highest BCUT2D eigenvalue weighted by Gasteiger charge is 2.19. The van der Waals surface area contributed by atoms with Crippen LogP contribution < -0.4 is 5.32 Å². The number of nitrogens with zero attached hydrogens (tertiary/aromatic N) is 5. The highest BCUT2D eigenvalue weighted by molar-refractivity contribution is 7.94. The van der Waals surface area contributed by atoms with Crippen molar-refractivity contribution in [2.24, 2.45) is 0 Å². The van der Waals surface area contributed by atoms with Crippen LogP contribution in [0.4, 0.5) is 11.6 Å². The number of aromatic nitrogens is 4. The van der Waals surface area contributed by atoms with Crippen molar-refractivity contribution in [2.75, 3.05) is 5.32 Å². The van der Waals surface area contributed by atoms with Crippen LogP contribution in [0.15, 0.2) is 102 Å². The van der Waals surface area contributed by atoms with Gasteiger partial charge in [-0.3, -0.25) is 9.52 Å². The van der Waals surface area contributed by atoms with Crippen LogP contribution in [0.25, 0.3) is 21.7 Å². The van der Waals surface area contributed by atoms with Crippen molar-refractivity contribution in [3.05, 3.63) is 119 Å². The quantitative estimate of drug-likeness (QED) is 0.297. The van der Waals surface area contributed by atoms with Crippen molar-refractivity contribution in [3.63, 3.8) is 0 Å². The maximum absolute atomic E-state index is 13.3. The maximum Gasteiger partial charge on any atom is 0.259 e. The molecule has 0 atom stereocenters. The van der Waals surface area contributed by atoms with Crippen molar-refractivity contribution >= 4 is 27.6 Å². The van der Waals surface area contributed by atoms with Gasteiger partial charge in [0.2, 0.25) is 10.0 Å². The van der Waals surface area contributed by atoms with Crippen molar-refractivity contribution in [1.82, 2.24) is 19.7 Å². The lowest BCUT2D eigenvalue weighted by atomic mass is 10.1. The van der Waals surface area contributed by atoms with Crippen molar-refractivity contribution in [3.8, 4) is 16.9 Å². The van der Waals surface area contributed by atoms with Crippen LogP contribution in [0, 0.1) is 13.8 Å². The SMILES string of the molecule is Cc1cc(C)nc([N-]S(=O)(=O)c2ccc(NC(=O)c3cn(-c4ccccc4)nc3-c3ccccc3)cc2)n1. The highest BCUT2D eigenvalue weighted by atomic mass is 32.2. The zero-order valence-electron chi connectivity index (χ0n) is 20.6. The first kappa shape index (κ1) is 24.8. The second-order valence-electron chi connectivity index (χ2n) is 8.53. The Balaban J connectivity index is 1.39. The molecule has 0 spiro atoms. The molecule has 0 radical (unpaired) electrons. The Labute approximate surface area is 220 Å². The Morgan fingerprint density at radius 3 is 2.08 bits per heavy atom. The lowest BCUT2D eigenvalue weighted by Crippen LogP contribution is -2.12. The Morgan fingerprint density at radius 2 is 1.45 bits per heavy atom. The van der Waals surface area contributed by atoms with Crippen LogP contribution in [0.5, 0.6) is 0 Å². The van der Waals surface area contributed by atoms with Gasteiger partial charge in [-0.05, 0) is 61.6 Å². The van der Waals surface area contributed by atoms with Gasteiger partial charge in [0.05, 0.1) is 16.1 Å². The number of anilines is 1. The minimum absolute atomic E-state index is 0.0415. The summed E-state index contributed by atoms with van der Waals surface area (Å²) in [6.45, 7) is 3.48. The van der Waals surface area contributed by atoms with Gasteiger partial charge in [-0.15, -0.1) is 0 Å². The van der Waals surface area contributed by atoms with E-state index in [-0.39, 0.29) is 16.8 Å². The van der Waals surface area contributed by atoms with E-state index in [1.165, 1.54) is 24.3 Å². The number of hydrogen-bond acceptors (Lipinski definition) is 6. The van der Waals surface area contributed by atoms with E-state index in [9.17, 15) is 13.2 Å². The second kappa shape index (κ2) is 10.3. The average molecular weight is 524 g/mol. The summed E-state index contributed by atoms with van der Waals surface area (Å²) >= 11 is 0. The lowest BCUT2D eigenvalue weighted by molar-refractivity contribution is 0.102. The Bertz CT molecular complexity index is 1680. The number of amides is 1. The fraction of sp³-hybridized carbons (Fsp3) is 0.0714. The topological polar surface area (TPSA) is 121 Å². The smallest absolute Gasteiger partial charge is 0.259 e. The van der Waals surface area contributed by atoms with Gasteiger partial charge in [0.15, 0.2) is 0 Å². The predicted octanol–water partition coefficient (Wildman–Crippen LogP) is 5.59. The van der Waals surface area contributed by atoms with Crippen LogP contribution in [-0.4, -0.2) is 34.1 Å². The minimum atomic E-state index is -4.04. The summed E-state index contributed by atoms with van der Waals surface area (Å²) in [6.07, 6.45) is 1.68. The molecule has 38 heavy (non-hydrogen) atoms. The third-order valence-corrected chi connectivity index (χ3v) is 6.88. The lowest BCUT2D eigenvalue weighted by Gasteiger charge is -2.15. The summed E-state index contributed by atoms with van der Waals surface area (Å²) in [7, 11) is -4.04. The molecule has 3 aromatic carbocycles. The number of carbonyl (C=O) groups is 1. The van der Waals surface area contributed by atoms with E-state index < -0.39 is 10.0 Å². The summed E-state index contributed by atoms with van der Waals surface area (Å²) in [6, 6.07) is 26.4. The van der Waals surface area contributed by atoms with Crippen LogP contribution in [-0.2, 0) is 10.0 Å². The standard InChI is InChI=1S/C28H24N6O3S/c1-19-17-20(2)30-28(29-19)33-38(36,37)24-15-13-22(14-16-24)31-27(35)25-18-34(23-11-7-4-8-12-23)32-26(25)21-9-5-3-6-10-21/h3-18H,1-2H3,(H2,29,30,31,33,35)/p-1. The summed E-state index contributed by atoms with van der Waals surface area (Å²) in [5.41, 5.74) is 4.17. The molecule has 0 saturated heterocycles. The number of sulfonamides is 1. The van der Waals surface area contributed by atoms with E-state index in [1.807, 2.05) is 60.7 Å². The average Bonchev–Trinajstić information content (AvgIpc) is 3.35. The molecule has 1 N–H and O–H groups in total. The minimum Gasteiger partial charge on any atom is -0.363 e. The number of rotatable bonds is 7. The zero-order valence-corrected chi connectivity index (χ0v) is 21.4. The third kappa shape index (κ3) is 5.45. The normalized spacial score (nSPS) is 11.2. The number of carbonyl (C=O) groups excluding carboxylic acids is 1. The van der Waals surface area contributed by atoms with Gasteiger partial charge in [0.1, 0.15) is 5.69 Å². The molecule has 10 heteroatoms. The molecule has 0 unspecified atom stereocenters. The first-order chi connectivity index (χ1) is 18.3. The van der Waals surface area contributed by atoms with Gasteiger partial charge in [-0.2, -0.15) is 5.10 Å². The van der Waals surface area contributed by atoms with Gasteiger partial charge >= 0.3 is 0 Å². The van der Waals surface area contributed by atoms with Gasteiger partial charge in [0.25, 0.3) is 5.91 Å². The number of nitrogens with one attached hydrogen (secondary N) is 1. The monoisotopic (exact) mass is 523 g/mol. The van der Waals surface area contributed by atoms with Crippen LogP contribution >= 0.6 is 0 Å². The largest absolute Gasteiger partial charge is 0.363 e. The highest BCUT2D eigenvalue weighted by Crippen LogP contribution is 2.27. The first-order valence-electron chi connectivity index (χ1n) is 11.7. The van der Waals surface area contributed by atoms with Crippen molar-refractivity contribution < 1.29 is 13.2 Å². The van der Waals surface area contributed by atoms with Gasteiger partial charge in [0, 0.05) is 23.4 Å². The number of hydrogen-bond donors (Lipinski definition) is 1. The van der Waals surface area contributed by atoms with Crippen LogP contribution in [0.3, 0.4) is 0 Å². The van der Waals surface area contributed by atoms with Crippen LogP contribution in [0.1, 0.15) is 21.7 Å². The summed E-state index contributed by atoms with van der Waals surface area (Å²) in [5, 5.41) is 7.50. The molecule has 0 fully saturated rings. The van der Waals surface area contributed by atoms with Crippen molar-refractivity contribution in [2.45, 2.75) is 18.7 Å². The van der Waals surface area contributed by atoms with Crippen LogP contribution in [0.2, 0.25) is 0 Å². The Kier molecular flexibility index (Phi) is 6.71. The van der Waals surface area contributed by atoms with Crippen molar-refractivity contribution in [1.29, 1.82) is 0 Å². The van der Waals surface area contributed by atoms with E-state index in [0.717, 1.165) is 11.3 Å². The molecule has 0 aliphatic rings. The number of aryl methyl sites for hydroxylation is 2. The molecule has 0 saturated carbocycles. The molecule has 2 heterocycles. The van der Waals surface area contributed by atoms with Gasteiger partial charge in [-0.25, -0.2) is 13.1 Å². The molecule has 0 aliphatic heterocycles. The number of benzene rings is 3. The van der Waals surface area contributed by atoms with E-state index in [4.69, 9.17) is 0 Å². The fourth-order valence-electron chi connectivity index (χ4n) is 3.88. The number of para-hydroxylation sites is 1. The summed E-state index contributed by atoms with van der Waals surface area (Å²) in [4.78, 5) is 21.4. The molecule has 5 rings (SSSR count). The fourth-order valence-corrected chi connectivity index (χ4v) is 4.76. The van der Waals surface area contributed by atoms with E-state index in [0.29, 0.717) is 28.3 Å². The zero-order chi connectivity index (χ0) is 26.7. The molecule has 5 aromatic rings. The molecule has 9 nitrogen and oxygen atoms in total. The first-order valence-corrected chi connectivity index (χ1v) is 13.1. The molecular weight excluding hydrogens is 500 g/mol. The molecule has 1 amide bonds. The summed E-state index contributed by atoms with van der Waals surface area (Å²) < 4.78 is 31.0. The van der Waals surface area contributed by atoms with E-state index >= 15 is 0 Å². The van der Waals surface area contributed by atoms with E-state index in [1.54, 1.807) is 30.8 Å². The Morgan fingerprint density at radius 1 is 0.842 bits per heavy atom. The molecule has 0 bridgehead atoms. The Hall–Kier alpha value is -4.83. The predicted molar refractivity (Wildman–Crippen MR) is 145 cm³/mol. The molecule has 0 aliphatic carbocycles.